The molecule has 0 radical (unpaired) electrons. The van der Waals surface area contributed by atoms with Crippen LogP contribution in [0.3, 0.4) is 0 Å². The van der Waals surface area contributed by atoms with Crippen LogP contribution < -0.4 is 10.7 Å². The number of halogens is 3. The summed E-state index contributed by atoms with van der Waals surface area (Å²) in [4.78, 5) is 29.1. The maximum absolute atomic E-state index is 12.1. The molecule has 12 heteroatoms. The molecule has 0 aliphatic carbocycles. The van der Waals surface area contributed by atoms with Crippen molar-refractivity contribution in [3.63, 3.8) is 0 Å². The summed E-state index contributed by atoms with van der Waals surface area (Å²) in [5, 5.41) is 19.3. The third-order valence-corrected chi connectivity index (χ3v) is 3.79. The summed E-state index contributed by atoms with van der Waals surface area (Å²) in [5.41, 5.74) is 6.73. The van der Waals surface area contributed by atoms with Crippen molar-refractivity contribution in [2.75, 3.05) is 18.1 Å². The van der Waals surface area contributed by atoms with E-state index in [4.69, 9.17) is 20.9 Å². The highest BCUT2D eigenvalue weighted by Gasteiger charge is 2.38. The van der Waals surface area contributed by atoms with Crippen LogP contribution in [0.1, 0.15) is 25.2 Å². The lowest BCUT2D eigenvalue weighted by molar-refractivity contribution is -0.192. The van der Waals surface area contributed by atoms with Crippen LogP contribution in [-0.2, 0) is 11.2 Å². The molecular weight excluding hydrogens is 429 g/mol. The van der Waals surface area contributed by atoms with E-state index in [0.717, 1.165) is 5.56 Å². The Hall–Kier alpha value is -3.88. The van der Waals surface area contributed by atoms with Crippen LogP contribution in [0.2, 0.25) is 0 Å². The highest BCUT2D eigenvalue weighted by Crippen LogP contribution is 2.16. The van der Waals surface area contributed by atoms with Gasteiger partial charge in [0.1, 0.15) is 6.07 Å². The highest BCUT2D eigenvalue weighted by molar-refractivity contribution is 5.74. The molecule has 0 fully saturated rings. The van der Waals surface area contributed by atoms with Crippen LogP contribution in [0.15, 0.2) is 42.6 Å². The van der Waals surface area contributed by atoms with E-state index in [9.17, 15) is 18.0 Å². The Bertz CT molecular complexity index is 932. The van der Waals surface area contributed by atoms with Gasteiger partial charge in [-0.3, -0.25) is 5.01 Å². The largest absolute Gasteiger partial charge is 0.490 e. The molecule has 0 saturated heterocycles. The van der Waals surface area contributed by atoms with Crippen molar-refractivity contribution in [1.82, 2.24) is 15.0 Å². The van der Waals surface area contributed by atoms with Gasteiger partial charge in [0.25, 0.3) is 0 Å². The number of urea groups is 1. The Morgan fingerprint density at radius 1 is 1.22 bits per heavy atom. The van der Waals surface area contributed by atoms with Gasteiger partial charge in [0.05, 0.1) is 0 Å². The smallest absolute Gasteiger partial charge is 0.475 e. The number of alkyl halides is 3. The van der Waals surface area contributed by atoms with Gasteiger partial charge in [-0.05, 0) is 17.9 Å². The Morgan fingerprint density at radius 2 is 1.81 bits per heavy atom. The predicted octanol–water partition coefficient (Wildman–Crippen LogP) is 2.98. The lowest BCUT2D eigenvalue weighted by Gasteiger charge is -2.35. The van der Waals surface area contributed by atoms with E-state index >= 15 is 0 Å². The molecule has 3 N–H and O–H groups in total. The van der Waals surface area contributed by atoms with Gasteiger partial charge in [-0.1, -0.05) is 44.2 Å². The standard InChI is InChI=1S/C18H22N6O.C2HF3O2/c1-14(2)13-24(17-8-10-21-16(12-19)22-17)23(18(20)25)11-9-15-6-4-3-5-7-15;3-2(4,5)1(6)7/h3-8,10,14H,9,11,13H2,1-2H3,(H2,20,25);(H,6,7). The van der Waals surface area contributed by atoms with Crippen LogP contribution in [0.25, 0.3) is 0 Å². The number of hydrogen-bond acceptors (Lipinski definition) is 6. The summed E-state index contributed by atoms with van der Waals surface area (Å²) in [6, 6.07) is 12.9. The number of amides is 2. The summed E-state index contributed by atoms with van der Waals surface area (Å²) in [7, 11) is 0. The minimum absolute atomic E-state index is 0.0544. The van der Waals surface area contributed by atoms with Gasteiger partial charge >= 0.3 is 18.2 Å². The normalized spacial score (nSPS) is 10.5. The van der Waals surface area contributed by atoms with Gasteiger partial charge < -0.3 is 10.8 Å². The van der Waals surface area contributed by atoms with Crippen molar-refractivity contribution in [2.45, 2.75) is 26.4 Å². The number of aromatic nitrogens is 2. The van der Waals surface area contributed by atoms with Crippen LogP contribution in [0.5, 0.6) is 0 Å². The van der Waals surface area contributed by atoms with Gasteiger partial charge in [0, 0.05) is 25.4 Å². The number of carboxylic acids is 1. The molecule has 0 aliphatic heterocycles. The fourth-order valence-electron chi connectivity index (χ4n) is 2.44. The molecule has 2 amide bonds. The molecule has 1 heterocycles. The van der Waals surface area contributed by atoms with Crippen LogP contribution >= 0.6 is 0 Å². The van der Waals surface area contributed by atoms with E-state index in [2.05, 4.69) is 9.97 Å². The third kappa shape index (κ3) is 8.86. The van der Waals surface area contributed by atoms with Crippen molar-refractivity contribution in [3.05, 3.63) is 54.0 Å². The zero-order valence-electron chi connectivity index (χ0n) is 17.5. The van der Waals surface area contributed by atoms with Gasteiger partial charge in [-0.2, -0.15) is 23.4 Å². The average Bonchev–Trinajstić information content (AvgIpc) is 2.73. The number of benzene rings is 1. The molecule has 0 saturated carbocycles. The zero-order chi connectivity index (χ0) is 24.3. The topological polar surface area (TPSA) is 136 Å². The lowest BCUT2D eigenvalue weighted by atomic mass is 10.1. The van der Waals surface area contributed by atoms with E-state index in [1.54, 1.807) is 11.1 Å². The summed E-state index contributed by atoms with van der Waals surface area (Å²) >= 11 is 0. The van der Waals surface area contributed by atoms with E-state index in [1.165, 1.54) is 11.2 Å². The first kappa shape index (κ1) is 26.2. The van der Waals surface area contributed by atoms with Crippen molar-refractivity contribution in [3.8, 4) is 6.07 Å². The number of hydrogen-bond donors (Lipinski definition) is 2. The Labute approximate surface area is 182 Å². The molecule has 32 heavy (non-hydrogen) atoms. The van der Waals surface area contributed by atoms with E-state index < -0.39 is 18.2 Å². The van der Waals surface area contributed by atoms with Gasteiger partial charge in [0.2, 0.25) is 5.82 Å². The second kappa shape index (κ2) is 12.1. The number of aliphatic carboxylic acids is 1. The number of carbonyl (C=O) groups excluding carboxylic acids is 1. The molecule has 1 aromatic carbocycles. The van der Waals surface area contributed by atoms with E-state index in [1.807, 2.05) is 50.2 Å². The maximum atomic E-state index is 12.1. The molecule has 172 valence electrons. The number of nitriles is 1. The lowest BCUT2D eigenvalue weighted by Crippen LogP contribution is -2.52. The summed E-state index contributed by atoms with van der Waals surface area (Å²) in [5.74, 6) is -1.96. The quantitative estimate of drug-likeness (QED) is 0.616. The van der Waals surface area contributed by atoms with Crippen molar-refractivity contribution >= 4 is 17.8 Å². The second-order valence-electron chi connectivity index (χ2n) is 6.83. The van der Waals surface area contributed by atoms with Crippen LogP contribution in [-0.4, -0.2) is 51.3 Å². The van der Waals surface area contributed by atoms with E-state index in [0.29, 0.717) is 25.3 Å². The summed E-state index contributed by atoms with van der Waals surface area (Å²) in [6.45, 7) is 5.03. The molecule has 0 unspecified atom stereocenters. The minimum atomic E-state index is -5.08. The number of rotatable bonds is 7. The number of nitrogens with two attached hydrogens (primary N) is 1. The maximum Gasteiger partial charge on any atom is 0.490 e. The molecule has 0 bridgehead atoms. The minimum Gasteiger partial charge on any atom is -0.475 e. The van der Waals surface area contributed by atoms with Crippen LogP contribution in [0, 0.1) is 17.2 Å². The number of carboxylic acid groups (broad SMARTS) is 1. The molecular formula is C20H23F3N6O3. The van der Waals surface area contributed by atoms with Gasteiger partial charge in [-0.15, -0.1) is 0 Å². The molecule has 0 atom stereocenters. The predicted molar refractivity (Wildman–Crippen MR) is 109 cm³/mol. The van der Waals surface area contributed by atoms with Crippen LogP contribution in [0.4, 0.5) is 23.8 Å². The fourth-order valence-corrected chi connectivity index (χ4v) is 2.44. The first-order chi connectivity index (χ1) is 15.0. The Kier molecular flexibility index (Phi) is 9.88. The number of carbonyl (C=O) groups is 2. The molecule has 0 aliphatic rings. The average molecular weight is 452 g/mol. The van der Waals surface area contributed by atoms with Gasteiger partial charge in [-0.25, -0.2) is 19.6 Å². The monoisotopic (exact) mass is 452 g/mol. The number of anilines is 1. The van der Waals surface area contributed by atoms with Crippen molar-refractivity contribution in [1.29, 1.82) is 5.26 Å². The number of hydrazine groups is 1. The fraction of sp³-hybridized carbons (Fsp3) is 0.350. The summed E-state index contributed by atoms with van der Waals surface area (Å²) in [6.07, 6.45) is -2.92. The third-order valence-electron chi connectivity index (χ3n) is 3.79. The van der Waals surface area contributed by atoms with E-state index in [-0.39, 0.29) is 11.7 Å². The highest BCUT2D eigenvalue weighted by atomic mass is 19.4. The Balaban J connectivity index is 0.000000633. The SMILES string of the molecule is CC(C)CN(c1ccnc(C#N)n1)N(CCc1ccccc1)C(N)=O.O=C(O)C(F)(F)F. The molecule has 1 aromatic heterocycles. The molecule has 2 rings (SSSR count). The first-order valence-corrected chi connectivity index (χ1v) is 9.37. The number of primary amides is 1. The molecule has 9 nitrogen and oxygen atoms in total. The Morgan fingerprint density at radius 3 is 2.28 bits per heavy atom. The molecule has 2 aromatic rings. The summed E-state index contributed by atoms with van der Waals surface area (Å²) < 4.78 is 31.7. The zero-order valence-corrected chi connectivity index (χ0v) is 17.5. The first-order valence-electron chi connectivity index (χ1n) is 9.37. The van der Waals surface area contributed by atoms with Gasteiger partial charge in [0.15, 0.2) is 5.82 Å². The second-order valence-corrected chi connectivity index (χ2v) is 6.83. The van der Waals surface area contributed by atoms with Crippen molar-refractivity contribution < 1.29 is 27.9 Å². The van der Waals surface area contributed by atoms with Crippen molar-refractivity contribution in [2.24, 2.45) is 11.7 Å². The number of nitrogens with zero attached hydrogens (tertiary/aromatic N) is 5. The molecule has 0 spiro atoms.